The maximum absolute atomic E-state index is 12.4. The Balaban J connectivity index is 1.86. The summed E-state index contributed by atoms with van der Waals surface area (Å²) >= 11 is 0. The summed E-state index contributed by atoms with van der Waals surface area (Å²) in [6, 6.07) is 5.73. The average Bonchev–Trinajstić information content (AvgIpc) is 3.01. The van der Waals surface area contributed by atoms with E-state index < -0.39 is 5.60 Å². The van der Waals surface area contributed by atoms with Gasteiger partial charge in [0.05, 0.1) is 6.04 Å². The van der Waals surface area contributed by atoms with Crippen molar-refractivity contribution >= 4 is 17.2 Å². The summed E-state index contributed by atoms with van der Waals surface area (Å²) in [5.41, 5.74) is 2.06. The van der Waals surface area contributed by atoms with Gasteiger partial charge in [0, 0.05) is 18.3 Å². The molecule has 5 heteroatoms. The molecule has 0 unspecified atom stereocenters. The molecule has 0 bridgehead atoms. The topological polar surface area (TPSA) is 55.6 Å². The van der Waals surface area contributed by atoms with Crippen molar-refractivity contribution in [3.05, 3.63) is 29.7 Å². The summed E-state index contributed by atoms with van der Waals surface area (Å²) in [6.07, 6.45) is 1.56. The van der Waals surface area contributed by atoms with Crippen molar-refractivity contribution in [3.8, 4) is 0 Å². The van der Waals surface area contributed by atoms with E-state index in [9.17, 15) is 4.79 Å². The number of aromatic nitrogens is 1. The van der Waals surface area contributed by atoms with Crippen LogP contribution in [0.1, 0.15) is 51.1 Å². The highest BCUT2D eigenvalue weighted by atomic mass is 16.6. The van der Waals surface area contributed by atoms with Crippen LogP contribution in [0.3, 0.4) is 0 Å². The lowest BCUT2D eigenvalue weighted by Crippen LogP contribution is -2.36. The zero-order valence-electron chi connectivity index (χ0n) is 13.5. The Morgan fingerprint density at radius 1 is 1.41 bits per heavy atom. The maximum atomic E-state index is 12.4. The molecule has 1 atom stereocenters. The smallest absolute Gasteiger partial charge is 0.410 e. The SMILES string of the molecule is Cc1ccc2oc([C@@H]3CCCN3C(=O)OC(C)(C)C)cc2n1. The number of ether oxygens (including phenoxy) is 1. The molecule has 1 fully saturated rings. The number of hydrogen-bond acceptors (Lipinski definition) is 4. The Morgan fingerprint density at radius 2 is 2.18 bits per heavy atom. The van der Waals surface area contributed by atoms with Gasteiger partial charge in [0.25, 0.3) is 0 Å². The number of hydrogen-bond donors (Lipinski definition) is 0. The fraction of sp³-hybridized carbons (Fsp3) is 0.529. The maximum Gasteiger partial charge on any atom is 0.410 e. The Morgan fingerprint density at radius 3 is 2.91 bits per heavy atom. The molecule has 1 aliphatic heterocycles. The predicted molar refractivity (Wildman–Crippen MR) is 83.7 cm³/mol. The van der Waals surface area contributed by atoms with Crippen LogP contribution >= 0.6 is 0 Å². The standard InChI is InChI=1S/C17H22N2O3/c1-11-7-8-14-12(18-11)10-15(21-14)13-6-5-9-19(13)16(20)22-17(2,3)4/h7-8,10,13H,5-6,9H2,1-4H3/t13-/m0/s1. The molecule has 1 aliphatic rings. The minimum Gasteiger partial charge on any atom is -0.457 e. The second-order valence-corrected chi connectivity index (χ2v) is 6.82. The minimum atomic E-state index is -0.489. The van der Waals surface area contributed by atoms with Gasteiger partial charge in [0.2, 0.25) is 0 Å². The minimum absolute atomic E-state index is 0.0654. The number of aryl methyl sites for hydroxylation is 1. The molecule has 118 valence electrons. The summed E-state index contributed by atoms with van der Waals surface area (Å²) in [7, 11) is 0. The van der Waals surface area contributed by atoms with Crippen LogP contribution in [0.4, 0.5) is 4.79 Å². The predicted octanol–water partition coefficient (Wildman–Crippen LogP) is 4.21. The van der Waals surface area contributed by atoms with Crippen LogP contribution in [0.25, 0.3) is 11.1 Å². The first-order valence-corrected chi connectivity index (χ1v) is 7.70. The average molecular weight is 302 g/mol. The molecule has 0 radical (unpaired) electrons. The van der Waals surface area contributed by atoms with Crippen LogP contribution in [0.15, 0.2) is 22.6 Å². The zero-order valence-corrected chi connectivity index (χ0v) is 13.5. The fourth-order valence-corrected chi connectivity index (χ4v) is 2.81. The lowest BCUT2D eigenvalue weighted by molar-refractivity contribution is 0.0209. The Hall–Kier alpha value is -2.04. The molecule has 3 heterocycles. The van der Waals surface area contributed by atoms with E-state index in [-0.39, 0.29) is 12.1 Å². The first-order chi connectivity index (χ1) is 10.3. The Bertz CT molecular complexity index is 699. The van der Waals surface area contributed by atoms with Gasteiger partial charge in [-0.3, -0.25) is 4.90 Å². The number of rotatable bonds is 1. The third-order valence-corrected chi connectivity index (χ3v) is 3.74. The van der Waals surface area contributed by atoms with Gasteiger partial charge in [0.1, 0.15) is 16.9 Å². The summed E-state index contributed by atoms with van der Waals surface area (Å²) in [5, 5.41) is 0. The number of carbonyl (C=O) groups is 1. The third kappa shape index (κ3) is 2.93. The van der Waals surface area contributed by atoms with Crippen molar-refractivity contribution in [1.29, 1.82) is 0 Å². The highest BCUT2D eigenvalue weighted by molar-refractivity contribution is 5.74. The highest BCUT2D eigenvalue weighted by Gasteiger charge is 2.35. The molecule has 2 aromatic rings. The number of amides is 1. The van der Waals surface area contributed by atoms with Gasteiger partial charge in [0.15, 0.2) is 5.58 Å². The monoisotopic (exact) mass is 302 g/mol. The number of carbonyl (C=O) groups excluding carboxylic acids is 1. The lowest BCUT2D eigenvalue weighted by Gasteiger charge is -2.27. The van der Waals surface area contributed by atoms with E-state index in [1.54, 1.807) is 4.90 Å². The quantitative estimate of drug-likeness (QED) is 0.792. The molecular weight excluding hydrogens is 280 g/mol. The Kier molecular flexibility index (Phi) is 3.59. The van der Waals surface area contributed by atoms with Crippen molar-refractivity contribution in [1.82, 2.24) is 9.88 Å². The van der Waals surface area contributed by atoms with E-state index >= 15 is 0 Å². The van der Waals surface area contributed by atoms with E-state index in [1.165, 1.54) is 0 Å². The summed E-state index contributed by atoms with van der Waals surface area (Å²) in [5.74, 6) is 0.788. The van der Waals surface area contributed by atoms with Crippen molar-refractivity contribution < 1.29 is 13.9 Å². The molecule has 3 rings (SSSR count). The van der Waals surface area contributed by atoms with Gasteiger partial charge in [-0.2, -0.15) is 0 Å². The number of nitrogens with zero attached hydrogens (tertiary/aromatic N) is 2. The van der Waals surface area contributed by atoms with E-state index in [2.05, 4.69) is 4.98 Å². The Labute approximate surface area is 130 Å². The van der Waals surface area contributed by atoms with Crippen molar-refractivity contribution in [2.45, 2.75) is 52.2 Å². The highest BCUT2D eigenvalue weighted by Crippen LogP contribution is 2.35. The van der Waals surface area contributed by atoms with E-state index in [0.29, 0.717) is 6.54 Å². The van der Waals surface area contributed by atoms with Gasteiger partial charge in [-0.1, -0.05) is 0 Å². The van der Waals surface area contributed by atoms with Crippen molar-refractivity contribution in [2.75, 3.05) is 6.54 Å². The van der Waals surface area contributed by atoms with Gasteiger partial charge in [-0.25, -0.2) is 9.78 Å². The number of pyridine rings is 1. The molecule has 5 nitrogen and oxygen atoms in total. The first kappa shape index (κ1) is 14.9. The molecule has 0 saturated carbocycles. The largest absolute Gasteiger partial charge is 0.457 e. The van der Waals surface area contributed by atoms with E-state index in [1.807, 2.05) is 45.9 Å². The second-order valence-electron chi connectivity index (χ2n) is 6.82. The molecule has 0 aromatic carbocycles. The summed E-state index contributed by atoms with van der Waals surface area (Å²) in [4.78, 5) is 18.6. The van der Waals surface area contributed by atoms with Crippen LogP contribution in [0.2, 0.25) is 0 Å². The molecule has 1 saturated heterocycles. The molecule has 22 heavy (non-hydrogen) atoms. The molecule has 0 aliphatic carbocycles. The van der Waals surface area contributed by atoms with Gasteiger partial charge in [-0.15, -0.1) is 0 Å². The van der Waals surface area contributed by atoms with E-state index in [4.69, 9.17) is 9.15 Å². The second kappa shape index (κ2) is 5.30. The fourth-order valence-electron chi connectivity index (χ4n) is 2.81. The van der Waals surface area contributed by atoms with Crippen LogP contribution in [0.5, 0.6) is 0 Å². The summed E-state index contributed by atoms with van der Waals surface area (Å²) < 4.78 is 11.4. The number of fused-ring (bicyclic) bond motifs is 1. The van der Waals surface area contributed by atoms with Crippen LogP contribution < -0.4 is 0 Å². The van der Waals surface area contributed by atoms with Crippen LogP contribution in [0, 0.1) is 6.92 Å². The third-order valence-electron chi connectivity index (χ3n) is 3.74. The van der Waals surface area contributed by atoms with Gasteiger partial charge in [-0.05, 0) is 52.7 Å². The first-order valence-electron chi connectivity index (χ1n) is 7.70. The molecule has 1 amide bonds. The van der Waals surface area contributed by atoms with E-state index in [0.717, 1.165) is 35.4 Å². The lowest BCUT2D eigenvalue weighted by atomic mass is 10.1. The van der Waals surface area contributed by atoms with Crippen LogP contribution in [-0.4, -0.2) is 28.1 Å². The van der Waals surface area contributed by atoms with Gasteiger partial charge >= 0.3 is 6.09 Å². The molecule has 0 spiro atoms. The summed E-state index contributed by atoms with van der Waals surface area (Å²) in [6.45, 7) is 8.29. The number of furan rings is 1. The van der Waals surface area contributed by atoms with Crippen molar-refractivity contribution in [3.63, 3.8) is 0 Å². The zero-order chi connectivity index (χ0) is 15.9. The van der Waals surface area contributed by atoms with Crippen molar-refractivity contribution in [2.24, 2.45) is 0 Å². The molecule has 0 N–H and O–H groups in total. The normalized spacial score (nSPS) is 18.9. The molecular formula is C17H22N2O3. The molecule has 2 aromatic heterocycles. The van der Waals surface area contributed by atoms with Crippen LogP contribution in [-0.2, 0) is 4.74 Å². The number of likely N-dealkylation sites (tertiary alicyclic amines) is 1. The van der Waals surface area contributed by atoms with Gasteiger partial charge < -0.3 is 9.15 Å².